The number of piperidine rings is 1. The number of likely N-dealkylation sites (tertiary alicyclic amines) is 1. The number of phenols is 1. The second kappa shape index (κ2) is 14.1. The number of aromatic nitrogens is 3. The first-order chi connectivity index (χ1) is 25.6. The van der Waals surface area contributed by atoms with Crippen LogP contribution < -0.4 is 14.4 Å². The van der Waals surface area contributed by atoms with E-state index in [0.29, 0.717) is 30.6 Å². The third-order valence-corrected chi connectivity index (χ3v) is 11.6. The summed E-state index contributed by atoms with van der Waals surface area (Å²) in [6.07, 6.45) is 13.1. The number of phenolic OH excluding ortho intramolecular Hbond substituents is 1. The summed E-state index contributed by atoms with van der Waals surface area (Å²) in [5.74, 6) is 0.938. The molecule has 4 aliphatic rings. The molecule has 1 aliphatic carbocycles. The molecule has 2 aromatic carbocycles. The molecule has 53 heavy (non-hydrogen) atoms. The van der Waals surface area contributed by atoms with Crippen LogP contribution in [0.15, 0.2) is 24.3 Å². The van der Waals surface area contributed by atoms with Crippen LogP contribution in [0.3, 0.4) is 0 Å². The Labute approximate surface area is 307 Å². The van der Waals surface area contributed by atoms with Gasteiger partial charge in [0, 0.05) is 48.2 Å². The largest absolute Gasteiger partial charge is 0.508 e. The minimum Gasteiger partial charge on any atom is -0.508 e. The third kappa shape index (κ3) is 6.49. The van der Waals surface area contributed by atoms with Gasteiger partial charge in [0.2, 0.25) is 5.88 Å². The number of rotatable bonds is 7. The third-order valence-electron chi connectivity index (χ3n) is 11.6. The van der Waals surface area contributed by atoms with E-state index >= 15 is 8.78 Å². The Morgan fingerprint density at radius 2 is 1.83 bits per heavy atom. The summed E-state index contributed by atoms with van der Waals surface area (Å²) in [6.45, 7) is 5.50. The number of anilines is 1. The zero-order valence-corrected chi connectivity index (χ0v) is 30.2. The van der Waals surface area contributed by atoms with Crippen LogP contribution in [0, 0.1) is 29.4 Å². The number of fused-ring (bicyclic) bond motifs is 3. The van der Waals surface area contributed by atoms with Crippen molar-refractivity contribution in [2.24, 2.45) is 5.41 Å². The fourth-order valence-corrected chi connectivity index (χ4v) is 9.26. The number of nitrogens with zero attached hydrogens (tertiary/aromatic N) is 5. The summed E-state index contributed by atoms with van der Waals surface area (Å²) >= 11 is 0. The van der Waals surface area contributed by atoms with Gasteiger partial charge >= 0.3 is 6.01 Å². The van der Waals surface area contributed by atoms with Gasteiger partial charge in [-0.1, -0.05) is 18.4 Å². The molecule has 0 amide bonds. The lowest BCUT2D eigenvalue weighted by molar-refractivity contribution is -0.0511. The number of ether oxygens (including phenoxy) is 4. The quantitative estimate of drug-likeness (QED) is 0.231. The van der Waals surface area contributed by atoms with Gasteiger partial charge in [-0.3, -0.25) is 4.90 Å². The smallest absolute Gasteiger partial charge is 0.319 e. The predicted molar refractivity (Wildman–Crippen MR) is 195 cm³/mol. The van der Waals surface area contributed by atoms with Crippen molar-refractivity contribution < 1.29 is 37.9 Å². The Morgan fingerprint density at radius 3 is 2.62 bits per heavy atom. The van der Waals surface area contributed by atoms with Crippen molar-refractivity contribution in [3.05, 3.63) is 41.5 Å². The summed E-state index contributed by atoms with van der Waals surface area (Å²) in [6, 6.07) is 6.22. The monoisotopic (exact) mass is 729 g/mol. The van der Waals surface area contributed by atoms with Gasteiger partial charge in [0.15, 0.2) is 5.82 Å². The maximum atomic E-state index is 17.3. The van der Waals surface area contributed by atoms with E-state index < -0.39 is 17.2 Å². The maximum Gasteiger partial charge on any atom is 0.319 e. The summed E-state index contributed by atoms with van der Waals surface area (Å²) in [5, 5.41) is 22.7. The average molecular weight is 730 g/mol. The van der Waals surface area contributed by atoms with E-state index in [4.69, 9.17) is 35.3 Å². The molecule has 3 unspecified atom stereocenters. The number of β-amino-alcohol motifs (C(OH)–C–C–N with tert-alkyl or cyclic N) is 1. The van der Waals surface area contributed by atoms with Gasteiger partial charge in [-0.25, -0.2) is 13.8 Å². The highest BCUT2D eigenvalue weighted by Crippen LogP contribution is 2.49. The molecule has 13 heteroatoms. The molecule has 5 heterocycles. The number of methoxy groups -OCH3 is 1. The summed E-state index contributed by atoms with van der Waals surface area (Å²) in [7, 11) is 1.40. The van der Waals surface area contributed by atoms with Gasteiger partial charge < -0.3 is 34.1 Å². The number of terminal acetylenes is 1. The fraction of sp³-hybridized carbons (Fsp3) is 0.525. The number of halogens is 2. The number of aromatic hydroxyl groups is 1. The first-order valence-corrected chi connectivity index (χ1v) is 18.5. The lowest BCUT2D eigenvalue weighted by Crippen LogP contribution is -2.56. The molecule has 2 aromatic heterocycles. The van der Waals surface area contributed by atoms with E-state index in [-0.39, 0.29) is 81.7 Å². The summed E-state index contributed by atoms with van der Waals surface area (Å²) < 4.78 is 56.1. The van der Waals surface area contributed by atoms with Gasteiger partial charge in [-0.05, 0) is 75.6 Å². The highest BCUT2D eigenvalue weighted by Gasteiger charge is 2.50. The van der Waals surface area contributed by atoms with Gasteiger partial charge in [-0.15, -0.1) is 6.42 Å². The first-order valence-electron chi connectivity index (χ1n) is 18.5. The SMILES string of the molecule is C#Cc1c(F)ccc2cc(O)cc(-c3nc(OC)c4c(N5CCOCC(C)(O)C5)nc(OCC56CCCC5N(C5CCOCC5)CCC6)nc4c3F)c12. The van der Waals surface area contributed by atoms with Crippen molar-refractivity contribution in [1.82, 2.24) is 19.9 Å². The second-order valence-electron chi connectivity index (χ2n) is 15.2. The Bertz CT molecular complexity index is 2090. The lowest BCUT2D eigenvalue weighted by Gasteiger charge is -2.50. The van der Waals surface area contributed by atoms with Crippen LogP contribution in [0.1, 0.15) is 57.4 Å². The number of benzene rings is 2. The van der Waals surface area contributed by atoms with Crippen molar-refractivity contribution >= 4 is 27.5 Å². The molecule has 0 radical (unpaired) electrons. The van der Waals surface area contributed by atoms with Crippen LogP contribution in [0.2, 0.25) is 0 Å². The topological polar surface area (TPSA) is 123 Å². The van der Waals surface area contributed by atoms with Gasteiger partial charge in [-0.2, -0.15) is 9.97 Å². The predicted octanol–water partition coefficient (Wildman–Crippen LogP) is 5.60. The molecule has 3 saturated heterocycles. The minimum absolute atomic E-state index is 0.00764. The van der Waals surface area contributed by atoms with E-state index in [1.165, 1.54) is 31.4 Å². The summed E-state index contributed by atoms with van der Waals surface area (Å²) in [4.78, 5) is 18.7. The van der Waals surface area contributed by atoms with Crippen molar-refractivity contribution in [3.8, 4) is 41.2 Å². The number of aliphatic hydroxyl groups is 1. The lowest BCUT2D eigenvalue weighted by atomic mass is 9.74. The molecular formula is C40H45F2N5O6. The highest BCUT2D eigenvalue weighted by molar-refractivity contribution is 6.04. The van der Waals surface area contributed by atoms with Gasteiger partial charge in [0.25, 0.3) is 0 Å². The molecular weight excluding hydrogens is 684 g/mol. The molecule has 1 saturated carbocycles. The number of pyridine rings is 1. The number of hydrogen-bond acceptors (Lipinski definition) is 11. The van der Waals surface area contributed by atoms with E-state index in [9.17, 15) is 10.2 Å². The van der Waals surface area contributed by atoms with Crippen LogP contribution in [-0.4, -0.2) is 108 Å². The van der Waals surface area contributed by atoms with Crippen LogP contribution >= 0.6 is 0 Å². The van der Waals surface area contributed by atoms with E-state index in [1.807, 2.05) is 4.90 Å². The molecule has 11 nitrogen and oxygen atoms in total. The Kier molecular flexibility index (Phi) is 9.51. The molecule has 4 aromatic rings. The molecule has 0 spiro atoms. The van der Waals surface area contributed by atoms with E-state index in [1.54, 1.807) is 6.92 Å². The molecule has 8 rings (SSSR count). The van der Waals surface area contributed by atoms with E-state index in [2.05, 4.69) is 15.8 Å². The van der Waals surface area contributed by atoms with Crippen LogP contribution in [0.4, 0.5) is 14.6 Å². The molecule has 3 atom stereocenters. The van der Waals surface area contributed by atoms with Crippen molar-refractivity contribution in [2.75, 3.05) is 64.7 Å². The highest BCUT2D eigenvalue weighted by atomic mass is 19.1. The Balaban J connectivity index is 1.27. The van der Waals surface area contributed by atoms with E-state index in [0.717, 1.165) is 64.7 Å². The average Bonchev–Trinajstić information content (AvgIpc) is 3.51. The zero-order chi connectivity index (χ0) is 36.9. The van der Waals surface area contributed by atoms with Gasteiger partial charge in [0.05, 0.1) is 39.0 Å². The van der Waals surface area contributed by atoms with Gasteiger partial charge in [0.1, 0.15) is 39.6 Å². The summed E-state index contributed by atoms with van der Waals surface area (Å²) in [5.41, 5.74) is -1.75. The van der Waals surface area contributed by atoms with Crippen LogP contribution in [0.5, 0.6) is 17.6 Å². The molecule has 3 aliphatic heterocycles. The molecule has 0 bridgehead atoms. The molecule has 280 valence electrons. The maximum absolute atomic E-state index is 17.3. The normalized spacial score (nSPS) is 25.7. The molecule has 4 fully saturated rings. The van der Waals surface area contributed by atoms with Crippen molar-refractivity contribution in [3.63, 3.8) is 0 Å². The number of hydrogen-bond donors (Lipinski definition) is 2. The van der Waals surface area contributed by atoms with Crippen molar-refractivity contribution in [1.29, 1.82) is 0 Å². The Hall–Kier alpha value is -4.35. The second-order valence-corrected chi connectivity index (χ2v) is 15.2. The van der Waals surface area contributed by atoms with Crippen LogP contribution in [-0.2, 0) is 9.47 Å². The molecule has 2 N–H and O–H groups in total. The van der Waals surface area contributed by atoms with Crippen molar-refractivity contribution in [2.45, 2.75) is 69.6 Å². The minimum atomic E-state index is -1.24. The zero-order valence-electron chi connectivity index (χ0n) is 30.2. The fourth-order valence-electron chi connectivity index (χ4n) is 9.26. The first kappa shape index (κ1) is 35.7. The standard InChI is InChI=1S/C40H45F2N5O6/c1-4-27-29(41)9-8-24-19-26(48)20-28(31(24)27)34-33(42)35-32(37(43-34)50-3)36(46-15-18-52-22-39(2,49)21-46)45-38(44-35)53-23-40-12-5-7-30(40)47(14-6-13-40)25-10-16-51-17-11-25/h1,8-9,19-20,25,30,48-49H,5-7,10-18,21-23H2,2-3H3. The van der Waals surface area contributed by atoms with Crippen LogP contribution in [0.25, 0.3) is 32.9 Å². The Morgan fingerprint density at radius 1 is 1.02 bits per heavy atom.